The molecule has 0 N–H and O–H groups in total. The molecule has 2 aliphatic heterocycles. The molecule has 24 heavy (non-hydrogen) atoms. The topological polar surface area (TPSA) is 24.8 Å². The van der Waals surface area contributed by atoms with E-state index in [1.807, 2.05) is 0 Å². The lowest BCUT2D eigenvalue weighted by Gasteiger charge is -2.45. The van der Waals surface area contributed by atoms with Crippen LogP contribution < -0.4 is 4.74 Å². The van der Waals surface area contributed by atoms with Crippen LogP contribution in [0.15, 0.2) is 58.1 Å². The Morgan fingerprint density at radius 3 is 2.58 bits per heavy atom. The number of fused-ring (bicyclic) bond motifs is 4. The van der Waals surface area contributed by atoms with Gasteiger partial charge in [-0.3, -0.25) is 0 Å². The molecule has 1 spiro atoms. The highest BCUT2D eigenvalue weighted by molar-refractivity contribution is 9.10. The third-order valence-corrected chi connectivity index (χ3v) is 6.00. The summed E-state index contributed by atoms with van der Waals surface area (Å²) >= 11 is 3.51. The molecule has 0 bridgehead atoms. The molecule has 1 atom stereocenters. The van der Waals surface area contributed by atoms with Gasteiger partial charge in [0.05, 0.1) is 11.8 Å². The maximum atomic E-state index is 6.51. The first-order valence-electron chi connectivity index (χ1n) is 8.66. The lowest BCUT2D eigenvalue weighted by molar-refractivity contribution is -0.114. The molecule has 0 amide bonds. The van der Waals surface area contributed by atoms with Gasteiger partial charge >= 0.3 is 0 Å². The van der Waals surface area contributed by atoms with Crippen LogP contribution in [-0.4, -0.2) is 16.4 Å². The van der Waals surface area contributed by atoms with Crippen molar-refractivity contribution >= 4 is 21.6 Å². The molecule has 2 aromatic carbocycles. The molecule has 0 aromatic heterocycles. The van der Waals surface area contributed by atoms with Gasteiger partial charge in [0.2, 0.25) is 0 Å². The summed E-state index contributed by atoms with van der Waals surface area (Å²) in [6.07, 6.45) is 5.51. The third kappa shape index (κ3) is 2.12. The van der Waals surface area contributed by atoms with Gasteiger partial charge in [-0.1, -0.05) is 46.3 Å². The number of halogens is 1. The molecule has 4 heteroatoms. The zero-order valence-electron chi connectivity index (χ0n) is 13.4. The number of hydrogen-bond donors (Lipinski definition) is 0. The van der Waals surface area contributed by atoms with Gasteiger partial charge in [0, 0.05) is 29.3 Å². The minimum Gasteiger partial charge on any atom is -0.466 e. The van der Waals surface area contributed by atoms with Crippen molar-refractivity contribution in [3.8, 4) is 5.75 Å². The Morgan fingerprint density at radius 1 is 1.04 bits per heavy atom. The van der Waals surface area contributed by atoms with Crippen LogP contribution in [0.2, 0.25) is 0 Å². The SMILES string of the molecule is Brc1ccc(C2=NN3[C@@H](C2)c2ccccc2OC32CCCC2)cc1. The van der Waals surface area contributed by atoms with E-state index in [2.05, 4.69) is 69.5 Å². The molecule has 0 unspecified atom stereocenters. The summed E-state index contributed by atoms with van der Waals surface area (Å²) < 4.78 is 7.61. The van der Waals surface area contributed by atoms with Gasteiger partial charge in [0.1, 0.15) is 5.75 Å². The van der Waals surface area contributed by atoms with Gasteiger partial charge in [0.25, 0.3) is 0 Å². The first-order valence-corrected chi connectivity index (χ1v) is 9.45. The van der Waals surface area contributed by atoms with Gasteiger partial charge in [0.15, 0.2) is 5.72 Å². The molecule has 5 rings (SSSR count). The fourth-order valence-corrected chi connectivity index (χ4v) is 4.57. The number of rotatable bonds is 1. The van der Waals surface area contributed by atoms with E-state index in [4.69, 9.17) is 9.84 Å². The lowest BCUT2D eigenvalue weighted by Crippen LogP contribution is -2.51. The average molecular weight is 383 g/mol. The summed E-state index contributed by atoms with van der Waals surface area (Å²) in [7, 11) is 0. The van der Waals surface area contributed by atoms with Crippen LogP contribution in [0.4, 0.5) is 0 Å². The van der Waals surface area contributed by atoms with Crippen molar-refractivity contribution in [3.05, 3.63) is 64.1 Å². The maximum Gasteiger partial charge on any atom is 0.198 e. The second kappa shape index (κ2) is 5.35. The highest BCUT2D eigenvalue weighted by Crippen LogP contribution is 2.51. The van der Waals surface area contributed by atoms with Crippen molar-refractivity contribution in [2.45, 2.75) is 43.9 Å². The smallest absolute Gasteiger partial charge is 0.198 e. The largest absolute Gasteiger partial charge is 0.466 e. The summed E-state index contributed by atoms with van der Waals surface area (Å²) in [6, 6.07) is 17.2. The van der Waals surface area contributed by atoms with Crippen molar-refractivity contribution in [1.29, 1.82) is 0 Å². The number of para-hydroxylation sites is 1. The van der Waals surface area contributed by atoms with Gasteiger partial charge < -0.3 is 4.74 Å². The summed E-state index contributed by atoms with van der Waals surface area (Å²) in [5.41, 5.74) is 3.40. The van der Waals surface area contributed by atoms with Gasteiger partial charge in [-0.05, 0) is 36.6 Å². The summed E-state index contributed by atoms with van der Waals surface area (Å²) in [6.45, 7) is 0. The van der Waals surface area contributed by atoms with Crippen LogP contribution in [0.5, 0.6) is 5.75 Å². The normalized spacial score (nSPS) is 23.6. The summed E-state index contributed by atoms with van der Waals surface area (Å²) in [4.78, 5) is 0. The number of ether oxygens (including phenoxy) is 1. The monoisotopic (exact) mass is 382 g/mol. The lowest BCUT2D eigenvalue weighted by atomic mass is 9.94. The Labute approximate surface area is 150 Å². The molecule has 1 fully saturated rings. The zero-order valence-corrected chi connectivity index (χ0v) is 15.0. The predicted octanol–water partition coefficient (Wildman–Crippen LogP) is 5.26. The zero-order chi connectivity index (χ0) is 16.1. The standard InChI is InChI=1S/C20H19BrN2O/c21-15-9-7-14(8-10-15)17-13-18-16-5-1-2-6-19(16)24-20(23(18)22-17)11-3-4-12-20/h1-2,5-10,18H,3-4,11-13H2/t18-/m0/s1. The maximum absolute atomic E-state index is 6.51. The second-order valence-electron chi connectivity index (χ2n) is 6.91. The number of hydrogen-bond acceptors (Lipinski definition) is 3. The molecule has 3 nitrogen and oxygen atoms in total. The van der Waals surface area contributed by atoms with Crippen LogP contribution in [0.25, 0.3) is 0 Å². The van der Waals surface area contributed by atoms with Crippen molar-refractivity contribution in [2.24, 2.45) is 5.10 Å². The van der Waals surface area contributed by atoms with Crippen molar-refractivity contribution < 1.29 is 4.74 Å². The first-order chi connectivity index (χ1) is 11.8. The van der Waals surface area contributed by atoms with Crippen molar-refractivity contribution in [1.82, 2.24) is 5.01 Å². The molecule has 1 saturated carbocycles. The quantitative estimate of drug-likeness (QED) is 0.671. The fourth-order valence-electron chi connectivity index (χ4n) is 4.30. The molecule has 122 valence electrons. The second-order valence-corrected chi connectivity index (χ2v) is 7.83. The molecular formula is C20H19BrN2O. The highest BCUT2D eigenvalue weighted by Gasteiger charge is 2.51. The van der Waals surface area contributed by atoms with E-state index in [-0.39, 0.29) is 5.72 Å². The Hall–Kier alpha value is -1.81. The summed E-state index contributed by atoms with van der Waals surface area (Å²) in [5.74, 6) is 1.05. The highest BCUT2D eigenvalue weighted by atomic mass is 79.9. The Kier molecular flexibility index (Phi) is 3.24. The van der Waals surface area contributed by atoms with E-state index in [1.165, 1.54) is 29.7 Å². The van der Waals surface area contributed by atoms with E-state index in [9.17, 15) is 0 Å². The van der Waals surface area contributed by atoms with Gasteiger partial charge in [-0.15, -0.1) is 0 Å². The minimum atomic E-state index is -0.240. The molecule has 0 saturated heterocycles. The van der Waals surface area contributed by atoms with Crippen molar-refractivity contribution in [2.75, 3.05) is 0 Å². The van der Waals surface area contributed by atoms with E-state index >= 15 is 0 Å². The Balaban J connectivity index is 1.59. The molecule has 3 aliphatic rings. The van der Waals surface area contributed by atoms with Crippen LogP contribution in [-0.2, 0) is 0 Å². The fraction of sp³-hybridized carbons (Fsp3) is 0.350. The predicted molar refractivity (Wildman–Crippen MR) is 98.1 cm³/mol. The molecule has 2 heterocycles. The first kappa shape index (κ1) is 14.5. The number of nitrogens with zero attached hydrogens (tertiary/aromatic N) is 2. The third-order valence-electron chi connectivity index (χ3n) is 5.47. The van der Waals surface area contributed by atoms with E-state index in [0.29, 0.717) is 6.04 Å². The molecule has 2 aromatic rings. The van der Waals surface area contributed by atoms with Crippen LogP contribution in [0.3, 0.4) is 0 Å². The van der Waals surface area contributed by atoms with E-state index in [1.54, 1.807) is 0 Å². The van der Waals surface area contributed by atoms with E-state index in [0.717, 1.165) is 29.5 Å². The molecule has 1 aliphatic carbocycles. The van der Waals surface area contributed by atoms with E-state index < -0.39 is 0 Å². The Bertz CT molecular complexity index is 809. The number of benzene rings is 2. The average Bonchev–Trinajstić information content (AvgIpc) is 3.24. The minimum absolute atomic E-state index is 0.240. The van der Waals surface area contributed by atoms with Gasteiger partial charge in [-0.25, -0.2) is 5.01 Å². The Morgan fingerprint density at radius 2 is 1.79 bits per heavy atom. The van der Waals surface area contributed by atoms with Crippen LogP contribution >= 0.6 is 15.9 Å². The van der Waals surface area contributed by atoms with Crippen LogP contribution in [0.1, 0.15) is 49.3 Å². The van der Waals surface area contributed by atoms with Gasteiger partial charge in [-0.2, -0.15) is 5.10 Å². The van der Waals surface area contributed by atoms with Crippen LogP contribution in [0, 0.1) is 0 Å². The van der Waals surface area contributed by atoms with Crippen molar-refractivity contribution in [3.63, 3.8) is 0 Å². The molecular weight excluding hydrogens is 364 g/mol. The number of hydrazone groups is 1. The molecule has 0 radical (unpaired) electrons. The summed E-state index contributed by atoms with van der Waals surface area (Å²) in [5, 5.41) is 7.33.